The molecule has 0 aromatic heterocycles. The second-order valence-electron chi connectivity index (χ2n) is 4.05. The lowest BCUT2D eigenvalue weighted by Gasteiger charge is -2.21. The van der Waals surface area contributed by atoms with E-state index in [1.807, 2.05) is 30.3 Å². The molecular weight excluding hydrogens is 216 g/mol. The van der Waals surface area contributed by atoms with Gasteiger partial charge in [-0.25, -0.2) is 4.99 Å². The van der Waals surface area contributed by atoms with Gasteiger partial charge in [0.1, 0.15) is 18.8 Å². The van der Waals surface area contributed by atoms with Gasteiger partial charge in [0.15, 0.2) is 0 Å². The smallest absolute Gasteiger partial charge is 0.282 e. The molecule has 2 N–H and O–H groups in total. The summed E-state index contributed by atoms with van der Waals surface area (Å²) in [7, 11) is 0. The number of rotatable bonds is 5. The van der Waals surface area contributed by atoms with Crippen molar-refractivity contribution in [2.24, 2.45) is 10.7 Å². The molecule has 4 nitrogen and oxygen atoms in total. The minimum atomic E-state index is -0.0720. The molecule has 92 valence electrons. The third kappa shape index (κ3) is 2.97. The minimum Gasteiger partial charge on any atom is -0.463 e. The zero-order valence-electron chi connectivity index (χ0n) is 10.0. The van der Waals surface area contributed by atoms with Crippen LogP contribution in [0, 0.1) is 0 Å². The molecule has 2 atom stereocenters. The molecule has 4 heteroatoms. The Morgan fingerprint density at radius 2 is 2.24 bits per heavy atom. The Labute approximate surface area is 101 Å². The lowest BCUT2D eigenvalue weighted by molar-refractivity contribution is 0.0294. The van der Waals surface area contributed by atoms with Crippen molar-refractivity contribution in [1.29, 1.82) is 0 Å². The highest BCUT2D eigenvalue weighted by Gasteiger charge is 2.28. The maximum absolute atomic E-state index is 5.87. The first-order valence-corrected chi connectivity index (χ1v) is 5.94. The number of hydrogen-bond acceptors (Lipinski definition) is 4. The van der Waals surface area contributed by atoms with Crippen molar-refractivity contribution in [2.75, 3.05) is 13.2 Å². The summed E-state index contributed by atoms with van der Waals surface area (Å²) in [5.41, 5.74) is 6.66. The molecule has 1 aromatic carbocycles. The fraction of sp³-hybridized carbons (Fsp3) is 0.462. The topological polar surface area (TPSA) is 56.8 Å². The van der Waals surface area contributed by atoms with E-state index in [9.17, 15) is 0 Å². The first-order valence-electron chi connectivity index (χ1n) is 5.94. The zero-order valence-corrected chi connectivity index (χ0v) is 10.0. The molecular formula is C13H18N2O2. The Morgan fingerprint density at radius 1 is 1.47 bits per heavy atom. The van der Waals surface area contributed by atoms with E-state index in [0.29, 0.717) is 13.2 Å². The highest BCUT2D eigenvalue weighted by atomic mass is 16.5. The van der Waals surface area contributed by atoms with Gasteiger partial charge < -0.3 is 15.2 Å². The Kier molecular flexibility index (Phi) is 3.98. The van der Waals surface area contributed by atoms with Crippen LogP contribution < -0.4 is 5.73 Å². The first kappa shape index (κ1) is 11.9. The van der Waals surface area contributed by atoms with E-state index in [2.05, 4.69) is 11.9 Å². The minimum absolute atomic E-state index is 0.0380. The molecule has 0 bridgehead atoms. The number of nitrogens with zero attached hydrogens (tertiary/aromatic N) is 1. The van der Waals surface area contributed by atoms with Crippen LogP contribution in [0.1, 0.15) is 25.0 Å². The number of ether oxygens (including phenoxy) is 2. The molecule has 1 aliphatic rings. The van der Waals surface area contributed by atoms with E-state index in [4.69, 9.17) is 15.2 Å². The SMILES string of the molecule is CCCO[C@H](c1ccccc1)C1COC(N)=N1. The number of benzene rings is 1. The summed E-state index contributed by atoms with van der Waals surface area (Å²) in [6, 6.07) is 10.3. The van der Waals surface area contributed by atoms with Crippen molar-refractivity contribution in [1.82, 2.24) is 0 Å². The number of hydrogen-bond donors (Lipinski definition) is 1. The van der Waals surface area contributed by atoms with E-state index >= 15 is 0 Å². The van der Waals surface area contributed by atoms with Gasteiger partial charge in [-0.2, -0.15) is 0 Å². The summed E-state index contributed by atoms with van der Waals surface area (Å²) in [4.78, 5) is 4.27. The largest absolute Gasteiger partial charge is 0.463 e. The molecule has 0 spiro atoms. The molecule has 2 rings (SSSR count). The Hall–Kier alpha value is -1.55. The standard InChI is InChI=1S/C13H18N2O2/c1-2-8-16-12(10-6-4-3-5-7-10)11-9-17-13(14)15-11/h3-7,11-12H,2,8-9H2,1H3,(H2,14,15)/t11?,12-/m1/s1. The monoisotopic (exact) mass is 234 g/mol. The van der Waals surface area contributed by atoms with Crippen LogP contribution in [0.2, 0.25) is 0 Å². The fourth-order valence-corrected chi connectivity index (χ4v) is 1.88. The summed E-state index contributed by atoms with van der Waals surface area (Å²) in [5.74, 6) is 0. The molecule has 1 aliphatic heterocycles. The average molecular weight is 234 g/mol. The van der Waals surface area contributed by atoms with Gasteiger partial charge in [0.25, 0.3) is 6.02 Å². The van der Waals surface area contributed by atoms with E-state index in [1.54, 1.807) is 0 Å². The molecule has 1 unspecified atom stereocenters. The van der Waals surface area contributed by atoms with Crippen molar-refractivity contribution < 1.29 is 9.47 Å². The van der Waals surface area contributed by atoms with Crippen LogP contribution in [0.4, 0.5) is 0 Å². The number of nitrogens with two attached hydrogens (primary N) is 1. The van der Waals surface area contributed by atoms with Gasteiger partial charge >= 0.3 is 0 Å². The second kappa shape index (κ2) is 5.68. The number of amidine groups is 1. The van der Waals surface area contributed by atoms with Crippen LogP contribution in [-0.4, -0.2) is 25.3 Å². The van der Waals surface area contributed by atoms with Gasteiger partial charge in [0, 0.05) is 6.61 Å². The molecule has 0 saturated heterocycles. The molecule has 0 saturated carbocycles. The Balaban J connectivity index is 2.14. The lowest BCUT2D eigenvalue weighted by Crippen LogP contribution is -2.21. The van der Waals surface area contributed by atoms with Crippen molar-refractivity contribution in [3.8, 4) is 0 Å². The normalized spacial score (nSPS) is 20.8. The third-order valence-electron chi connectivity index (χ3n) is 2.67. The molecule has 17 heavy (non-hydrogen) atoms. The maximum atomic E-state index is 5.87. The van der Waals surface area contributed by atoms with E-state index in [1.165, 1.54) is 0 Å². The molecule has 0 amide bonds. The van der Waals surface area contributed by atoms with E-state index in [-0.39, 0.29) is 18.2 Å². The second-order valence-corrected chi connectivity index (χ2v) is 4.05. The Bertz CT molecular complexity index is 378. The lowest BCUT2D eigenvalue weighted by atomic mass is 10.0. The van der Waals surface area contributed by atoms with Crippen molar-refractivity contribution in [3.63, 3.8) is 0 Å². The predicted molar refractivity (Wildman–Crippen MR) is 66.8 cm³/mol. The molecule has 1 heterocycles. The summed E-state index contributed by atoms with van der Waals surface area (Å²) in [6.07, 6.45) is 0.910. The highest BCUT2D eigenvalue weighted by Crippen LogP contribution is 2.26. The van der Waals surface area contributed by atoms with E-state index in [0.717, 1.165) is 12.0 Å². The predicted octanol–water partition coefficient (Wildman–Crippen LogP) is 1.87. The third-order valence-corrected chi connectivity index (χ3v) is 2.67. The van der Waals surface area contributed by atoms with E-state index < -0.39 is 0 Å². The highest BCUT2D eigenvalue weighted by molar-refractivity contribution is 5.73. The fourth-order valence-electron chi connectivity index (χ4n) is 1.88. The van der Waals surface area contributed by atoms with Gasteiger partial charge in [-0.1, -0.05) is 37.3 Å². The summed E-state index contributed by atoms with van der Waals surface area (Å²) in [6.45, 7) is 3.30. The summed E-state index contributed by atoms with van der Waals surface area (Å²) < 4.78 is 11.1. The van der Waals surface area contributed by atoms with Crippen LogP contribution in [-0.2, 0) is 9.47 Å². The van der Waals surface area contributed by atoms with Crippen molar-refractivity contribution in [3.05, 3.63) is 35.9 Å². The maximum Gasteiger partial charge on any atom is 0.282 e. The first-order chi connectivity index (χ1) is 8.31. The van der Waals surface area contributed by atoms with Crippen molar-refractivity contribution >= 4 is 6.02 Å². The molecule has 0 aliphatic carbocycles. The number of aliphatic imine (C=N–C) groups is 1. The quantitative estimate of drug-likeness (QED) is 0.846. The van der Waals surface area contributed by atoms with Gasteiger partial charge in [-0.15, -0.1) is 0 Å². The van der Waals surface area contributed by atoms with Crippen molar-refractivity contribution in [2.45, 2.75) is 25.5 Å². The molecule has 0 fully saturated rings. The van der Waals surface area contributed by atoms with Crippen LogP contribution in [0.3, 0.4) is 0 Å². The zero-order chi connectivity index (χ0) is 12.1. The van der Waals surface area contributed by atoms with Gasteiger partial charge in [0.2, 0.25) is 0 Å². The summed E-state index contributed by atoms with van der Waals surface area (Å²) >= 11 is 0. The van der Waals surface area contributed by atoms with Gasteiger partial charge in [0.05, 0.1) is 0 Å². The average Bonchev–Trinajstić information content (AvgIpc) is 2.78. The summed E-state index contributed by atoms with van der Waals surface area (Å²) in [5, 5.41) is 0. The molecule has 0 radical (unpaired) electrons. The van der Waals surface area contributed by atoms with Crippen LogP contribution in [0.25, 0.3) is 0 Å². The van der Waals surface area contributed by atoms with Crippen LogP contribution >= 0.6 is 0 Å². The van der Waals surface area contributed by atoms with Gasteiger partial charge in [-0.3, -0.25) is 0 Å². The van der Waals surface area contributed by atoms with Crippen LogP contribution in [0.15, 0.2) is 35.3 Å². The Morgan fingerprint density at radius 3 is 2.82 bits per heavy atom. The van der Waals surface area contributed by atoms with Crippen LogP contribution in [0.5, 0.6) is 0 Å². The van der Waals surface area contributed by atoms with Gasteiger partial charge in [-0.05, 0) is 12.0 Å². The molecule has 1 aromatic rings.